The standard InChI is InChI=1S/C19H28N4O/c1-4-23(5-2)13-9-12-20-19-21-15(3)17(18(24)22-19)14-16-10-7-6-8-11-16/h6-8,10-11H,4-5,9,12-14H2,1-3H3,(H2,20,21,22,24). The van der Waals surface area contributed by atoms with E-state index >= 15 is 0 Å². The minimum atomic E-state index is -0.0578. The number of rotatable bonds is 9. The van der Waals surface area contributed by atoms with Crippen molar-refractivity contribution in [3.05, 3.63) is 57.5 Å². The average Bonchev–Trinajstić information content (AvgIpc) is 2.59. The molecule has 0 spiro atoms. The van der Waals surface area contributed by atoms with Gasteiger partial charge in [0.2, 0.25) is 5.95 Å². The third-order valence-electron chi connectivity index (χ3n) is 4.28. The summed E-state index contributed by atoms with van der Waals surface area (Å²) in [6.07, 6.45) is 1.63. The molecule has 0 amide bonds. The second-order valence-electron chi connectivity index (χ2n) is 5.95. The van der Waals surface area contributed by atoms with Crippen LogP contribution in [0, 0.1) is 6.92 Å². The molecule has 0 saturated carbocycles. The van der Waals surface area contributed by atoms with Crippen LogP contribution in [0.1, 0.15) is 37.1 Å². The molecular formula is C19H28N4O. The molecule has 1 aromatic heterocycles. The van der Waals surface area contributed by atoms with Crippen molar-refractivity contribution in [3.8, 4) is 0 Å². The monoisotopic (exact) mass is 328 g/mol. The lowest BCUT2D eigenvalue weighted by Gasteiger charge is -2.17. The zero-order valence-electron chi connectivity index (χ0n) is 14.9. The van der Waals surface area contributed by atoms with Crippen molar-refractivity contribution >= 4 is 5.95 Å². The summed E-state index contributed by atoms with van der Waals surface area (Å²) in [5.74, 6) is 0.564. The van der Waals surface area contributed by atoms with E-state index in [9.17, 15) is 4.79 Å². The first-order valence-electron chi connectivity index (χ1n) is 8.74. The molecule has 0 fully saturated rings. The average molecular weight is 328 g/mol. The van der Waals surface area contributed by atoms with Crippen LogP contribution in [0.4, 0.5) is 5.95 Å². The van der Waals surface area contributed by atoms with E-state index in [-0.39, 0.29) is 5.56 Å². The summed E-state index contributed by atoms with van der Waals surface area (Å²) in [6.45, 7) is 10.2. The molecule has 2 N–H and O–H groups in total. The topological polar surface area (TPSA) is 61.0 Å². The third kappa shape index (κ3) is 5.20. The Morgan fingerprint density at radius 3 is 2.50 bits per heavy atom. The normalized spacial score (nSPS) is 11.0. The number of nitrogens with one attached hydrogen (secondary N) is 2. The minimum absolute atomic E-state index is 0.0578. The van der Waals surface area contributed by atoms with E-state index in [1.165, 1.54) is 0 Å². The van der Waals surface area contributed by atoms with Gasteiger partial charge < -0.3 is 10.2 Å². The molecule has 2 aromatic rings. The maximum absolute atomic E-state index is 12.4. The predicted octanol–water partition coefficient (Wildman–Crippen LogP) is 2.81. The molecule has 0 unspecified atom stereocenters. The van der Waals surface area contributed by atoms with E-state index in [4.69, 9.17) is 0 Å². The molecule has 5 nitrogen and oxygen atoms in total. The van der Waals surface area contributed by atoms with Crippen LogP contribution in [0.3, 0.4) is 0 Å². The SMILES string of the molecule is CCN(CC)CCCNc1nc(C)c(Cc2ccccc2)c(=O)[nH]1. The zero-order chi connectivity index (χ0) is 17.4. The number of hydrogen-bond acceptors (Lipinski definition) is 4. The maximum atomic E-state index is 12.4. The number of nitrogens with zero attached hydrogens (tertiary/aromatic N) is 2. The highest BCUT2D eigenvalue weighted by atomic mass is 16.1. The molecule has 0 atom stereocenters. The van der Waals surface area contributed by atoms with Gasteiger partial charge in [0.25, 0.3) is 5.56 Å². The quantitative estimate of drug-likeness (QED) is 0.695. The number of H-pyrrole nitrogens is 1. The first-order chi connectivity index (χ1) is 11.6. The van der Waals surface area contributed by atoms with Crippen LogP contribution in [-0.4, -0.2) is 41.0 Å². The van der Waals surface area contributed by atoms with Gasteiger partial charge >= 0.3 is 0 Å². The molecule has 0 aliphatic heterocycles. The summed E-state index contributed by atoms with van der Waals surface area (Å²) in [5, 5.41) is 3.23. The van der Waals surface area contributed by atoms with E-state index in [1.807, 2.05) is 37.3 Å². The van der Waals surface area contributed by atoms with Gasteiger partial charge in [0.15, 0.2) is 0 Å². The van der Waals surface area contributed by atoms with E-state index in [0.29, 0.717) is 12.4 Å². The Morgan fingerprint density at radius 1 is 1.17 bits per heavy atom. The largest absolute Gasteiger partial charge is 0.356 e. The van der Waals surface area contributed by atoms with Gasteiger partial charge in [-0.1, -0.05) is 44.2 Å². The van der Waals surface area contributed by atoms with Crippen LogP contribution in [-0.2, 0) is 6.42 Å². The lowest BCUT2D eigenvalue weighted by Crippen LogP contribution is -2.26. The van der Waals surface area contributed by atoms with Gasteiger partial charge in [-0.15, -0.1) is 0 Å². The highest BCUT2D eigenvalue weighted by molar-refractivity contribution is 5.32. The maximum Gasteiger partial charge on any atom is 0.256 e. The van der Waals surface area contributed by atoms with Gasteiger partial charge in [-0.2, -0.15) is 0 Å². The first-order valence-corrected chi connectivity index (χ1v) is 8.74. The molecule has 0 radical (unpaired) electrons. The molecule has 0 aliphatic rings. The molecule has 1 aromatic carbocycles. The van der Waals surface area contributed by atoms with Crippen molar-refractivity contribution in [3.63, 3.8) is 0 Å². The summed E-state index contributed by atoms with van der Waals surface area (Å²) >= 11 is 0. The van der Waals surface area contributed by atoms with Crippen LogP contribution in [0.2, 0.25) is 0 Å². The Balaban J connectivity index is 1.95. The summed E-state index contributed by atoms with van der Waals surface area (Å²) in [4.78, 5) is 22.1. The highest BCUT2D eigenvalue weighted by Gasteiger charge is 2.09. The number of benzene rings is 1. The lowest BCUT2D eigenvalue weighted by molar-refractivity contribution is 0.303. The van der Waals surface area contributed by atoms with Gasteiger partial charge in [0.1, 0.15) is 0 Å². The number of aromatic amines is 1. The van der Waals surface area contributed by atoms with Crippen molar-refractivity contribution in [1.29, 1.82) is 0 Å². The molecule has 24 heavy (non-hydrogen) atoms. The predicted molar refractivity (Wildman–Crippen MR) is 99.7 cm³/mol. The van der Waals surface area contributed by atoms with Gasteiger partial charge in [0.05, 0.1) is 5.69 Å². The van der Waals surface area contributed by atoms with Gasteiger partial charge in [-0.25, -0.2) is 4.98 Å². The smallest absolute Gasteiger partial charge is 0.256 e. The Hall–Kier alpha value is -2.14. The molecule has 2 rings (SSSR count). The third-order valence-corrected chi connectivity index (χ3v) is 4.28. The number of aromatic nitrogens is 2. The molecule has 0 aliphatic carbocycles. The number of anilines is 1. The van der Waals surface area contributed by atoms with E-state index in [0.717, 1.165) is 49.4 Å². The molecular weight excluding hydrogens is 300 g/mol. The van der Waals surface area contributed by atoms with E-state index in [2.05, 4.69) is 34.0 Å². The number of aryl methyl sites for hydroxylation is 1. The lowest BCUT2D eigenvalue weighted by atomic mass is 10.1. The van der Waals surface area contributed by atoms with Crippen molar-refractivity contribution in [2.75, 3.05) is 31.5 Å². The summed E-state index contributed by atoms with van der Waals surface area (Å²) in [7, 11) is 0. The van der Waals surface area contributed by atoms with Crippen LogP contribution in [0.15, 0.2) is 35.1 Å². The molecule has 130 valence electrons. The van der Waals surface area contributed by atoms with Gasteiger partial charge in [-0.05, 0) is 38.5 Å². The fourth-order valence-electron chi connectivity index (χ4n) is 2.75. The molecule has 1 heterocycles. The van der Waals surface area contributed by atoms with Gasteiger partial charge in [0, 0.05) is 18.5 Å². The second kappa shape index (κ2) is 9.23. The Bertz CT molecular complexity index is 678. The zero-order valence-corrected chi connectivity index (χ0v) is 14.9. The van der Waals surface area contributed by atoms with Crippen LogP contribution in [0.5, 0.6) is 0 Å². The van der Waals surface area contributed by atoms with Crippen molar-refractivity contribution in [1.82, 2.24) is 14.9 Å². The second-order valence-corrected chi connectivity index (χ2v) is 5.95. The molecule has 0 saturated heterocycles. The van der Waals surface area contributed by atoms with Crippen LogP contribution < -0.4 is 10.9 Å². The Kier molecular flexibility index (Phi) is 7.00. The highest BCUT2D eigenvalue weighted by Crippen LogP contribution is 2.09. The van der Waals surface area contributed by atoms with E-state index in [1.54, 1.807) is 0 Å². The summed E-state index contributed by atoms with van der Waals surface area (Å²) < 4.78 is 0. The van der Waals surface area contributed by atoms with Crippen LogP contribution in [0.25, 0.3) is 0 Å². The van der Waals surface area contributed by atoms with Crippen molar-refractivity contribution in [2.45, 2.75) is 33.6 Å². The molecule has 0 bridgehead atoms. The minimum Gasteiger partial charge on any atom is -0.356 e. The Morgan fingerprint density at radius 2 is 1.88 bits per heavy atom. The van der Waals surface area contributed by atoms with Crippen LogP contribution >= 0.6 is 0 Å². The number of hydrogen-bond donors (Lipinski definition) is 2. The Labute approximate surface area is 144 Å². The fourth-order valence-corrected chi connectivity index (χ4v) is 2.75. The fraction of sp³-hybridized carbons (Fsp3) is 0.474. The summed E-state index contributed by atoms with van der Waals surface area (Å²) in [5.41, 5.74) is 2.58. The summed E-state index contributed by atoms with van der Waals surface area (Å²) in [6, 6.07) is 10.00. The van der Waals surface area contributed by atoms with E-state index < -0.39 is 0 Å². The first kappa shape index (κ1) is 18.2. The molecule has 5 heteroatoms. The van der Waals surface area contributed by atoms with Crippen molar-refractivity contribution in [2.24, 2.45) is 0 Å². The van der Waals surface area contributed by atoms with Gasteiger partial charge in [-0.3, -0.25) is 9.78 Å². The van der Waals surface area contributed by atoms with Crippen molar-refractivity contribution < 1.29 is 0 Å².